The molecule has 0 N–H and O–H groups in total. The summed E-state index contributed by atoms with van der Waals surface area (Å²) in [6, 6.07) is 8.44. The number of thiazole rings is 1. The summed E-state index contributed by atoms with van der Waals surface area (Å²) in [4.78, 5) is 36.0. The van der Waals surface area contributed by atoms with Crippen molar-refractivity contribution in [2.75, 3.05) is 75.5 Å². The summed E-state index contributed by atoms with van der Waals surface area (Å²) in [7, 11) is 0. The second-order valence-electron chi connectivity index (χ2n) is 8.99. The fraction of sp³-hybridized carbons (Fsp3) is 0.440. The van der Waals surface area contributed by atoms with Crippen LogP contribution >= 0.6 is 22.9 Å². The molecule has 2 fully saturated rings. The van der Waals surface area contributed by atoms with Crippen LogP contribution < -0.4 is 9.80 Å². The first-order valence-electron chi connectivity index (χ1n) is 12.2. The van der Waals surface area contributed by atoms with E-state index in [1.165, 1.54) is 17.4 Å². The van der Waals surface area contributed by atoms with Crippen LogP contribution in [0.5, 0.6) is 0 Å². The van der Waals surface area contributed by atoms with Crippen LogP contribution in [0, 0.1) is 17.0 Å². The third-order valence-electron chi connectivity index (χ3n) is 6.73. The average Bonchev–Trinajstić information content (AvgIpc) is 3.36. The van der Waals surface area contributed by atoms with Crippen LogP contribution in [0.15, 0.2) is 30.3 Å². The van der Waals surface area contributed by atoms with Crippen LogP contribution in [-0.4, -0.2) is 86.4 Å². The van der Waals surface area contributed by atoms with Crippen molar-refractivity contribution in [1.82, 2.24) is 9.88 Å². The van der Waals surface area contributed by atoms with Gasteiger partial charge in [0.25, 0.3) is 11.6 Å². The first kappa shape index (κ1) is 25.8. The highest BCUT2D eigenvalue weighted by molar-refractivity contribution is 7.22. The fourth-order valence-corrected chi connectivity index (χ4v) is 5.79. The maximum absolute atomic E-state index is 13.9. The summed E-state index contributed by atoms with van der Waals surface area (Å²) in [5.74, 6) is -0.326. The first-order chi connectivity index (χ1) is 17.9. The number of aryl methyl sites for hydroxylation is 1. The topological polar surface area (TPSA) is 101 Å². The van der Waals surface area contributed by atoms with Gasteiger partial charge in [0.2, 0.25) is 0 Å². The molecule has 1 amide bonds. The van der Waals surface area contributed by atoms with Gasteiger partial charge in [0.05, 0.1) is 41.6 Å². The summed E-state index contributed by atoms with van der Waals surface area (Å²) in [6.07, 6.45) is 0. The molecule has 2 saturated heterocycles. The number of anilines is 2. The zero-order chi connectivity index (χ0) is 25.9. The summed E-state index contributed by atoms with van der Waals surface area (Å²) in [5, 5.41) is 13.1. The van der Waals surface area contributed by atoms with E-state index in [2.05, 4.69) is 4.90 Å². The molecule has 0 spiro atoms. The number of nitrogens with zero attached hydrogens (tertiary/aromatic N) is 5. The number of hydrogen-bond donors (Lipinski definition) is 0. The third kappa shape index (κ3) is 5.55. The zero-order valence-corrected chi connectivity index (χ0v) is 22.1. The number of fused-ring (bicyclic) bond motifs is 1. The molecule has 0 saturated carbocycles. The lowest BCUT2D eigenvalue weighted by Crippen LogP contribution is -2.43. The number of ether oxygens (including phenoxy) is 2. The highest BCUT2D eigenvalue weighted by atomic mass is 35.5. The first-order valence-corrected chi connectivity index (χ1v) is 13.4. The van der Waals surface area contributed by atoms with Crippen molar-refractivity contribution in [2.45, 2.75) is 6.92 Å². The molecule has 3 heterocycles. The molecule has 3 aromatic rings. The highest BCUT2D eigenvalue weighted by Gasteiger charge is 2.28. The van der Waals surface area contributed by atoms with Crippen molar-refractivity contribution < 1.29 is 19.2 Å². The summed E-state index contributed by atoms with van der Waals surface area (Å²) in [5.41, 5.74) is 2.26. The summed E-state index contributed by atoms with van der Waals surface area (Å²) in [6.45, 7) is 7.96. The second-order valence-corrected chi connectivity index (χ2v) is 10.4. The molecule has 37 heavy (non-hydrogen) atoms. The van der Waals surface area contributed by atoms with Gasteiger partial charge >= 0.3 is 0 Å². The van der Waals surface area contributed by atoms with Gasteiger partial charge in [0.15, 0.2) is 5.13 Å². The van der Waals surface area contributed by atoms with Gasteiger partial charge in [-0.2, -0.15) is 0 Å². The molecule has 2 aliphatic heterocycles. The maximum Gasteiger partial charge on any atom is 0.293 e. The number of carbonyl (C=O) groups is 1. The Morgan fingerprint density at radius 1 is 1.14 bits per heavy atom. The molecule has 1 aromatic heterocycles. The van der Waals surface area contributed by atoms with Crippen LogP contribution in [0.25, 0.3) is 10.2 Å². The third-order valence-corrected chi connectivity index (χ3v) is 8.18. The van der Waals surface area contributed by atoms with Gasteiger partial charge in [0.1, 0.15) is 5.69 Å². The molecule has 10 nitrogen and oxygen atoms in total. The number of rotatable bonds is 7. The Morgan fingerprint density at radius 2 is 1.84 bits per heavy atom. The smallest absolute Gasteiger partial charge is 0.293 e. The number of carbonyl (C=O) groups excluding carboxylic acids is 1. The molecule has 2 aromatic carbocycles. The van der Waals surface area contributed by atoms with Gasteiger partial charge in [0, 0.05) is 55.9 Å². The number of halogens is 1. The molecule has 2 aliphatic rings. The van der Waals surface area contributed by atoms with Crippen LogP contribution in [0.3, 0.4) is 0 Å². The largest absolute Gasteiger partial charge is 0.379 e. The highest BCUT2D eigenvalue weighted by Crippen LogP contribution is 2.35. The monoisotopic (exact) mass is 545 g/mol. The molecular formula is C25H28ClN5O5S. The van der Waals surface area contributed by atoms with E-state index in [0.717, 1.165) is 28.9 Å². The number of benzene rings is 2. The van der Waals surface area contributed by atoms with Crippen molar-refractivity contribution in [2.24, 2.45) is 0 Å². The number of aromatic nitrogens is 1. The molecule has 12 heteroatoms. The maximum atomic E-state index is 13.9. The lowest BCUT2D eigenvalue weighted by atomic mass is 10.1. The van der Waals surface area contributed by atoms with E-state index >= 15 is 0 Å². The van der Waals surface area contributed by atoms with E-state index in [1.807, 2.05) is 24.0 Å². The molecule has 0 bridgehead atoms. The molecular weight excluding hydrogens is 518 g/mol. The summed E-state index contributed by atoms with van der Waals surface area (Å²) < 4.78 is 11.8. The minimum Gasteiger partial charge on any atom is -0.379 e. The molecule has 5 rings (SSSR count). The normalized spacial score (nSPS) is 16.8. The van der Waals surface area contributed by atoms with E-state index in [0.29, 0.717) is 68.4 Å². The van der Waals surface area contributed by atoms with Crippen molar-refractivity contribution in [3.63, 3.8) is 0 Å². The average molecular weight is 546 g/mol. The molecule has 0 unspecified atom stereocenters. The number of morpholine rings is 2. The van der Waals surface area contributed by atoms with Crippen molar-refractivity contribution in [1.29, 1.82) is 0 Å². The van der Waals surface area contributed by atoms with E-state index in [-0.39, 0.29) is 17.2 Å². The van der Waals surface area contributed by atoms with Crippen LogP contribution in [0.1, 0.15) is 15.9 Å². The Kier molecular flexibility index (Phi) is 7.87. The van der Waals surface area contributed by atoms with E-state index < -0.39 is 4.92 Å². The fourth-order valence-electron chi connectivity index (χ4n) is 4.58. The number of nitro groups is 1. The second kappa shape index (κ2) is 11.3. The molecule has 0 aliphatic carbocycles. The molecule has 0 atom stereocenters. The van der Waals surface area contributed by atoms with E-state index in [1.54, 1.807) is 17.0 Å². The number of hydrogen-bond acceptors (Lipinski definition) is 9. The van der Waals surface area contributed by atoms with Crippen molar-refractivity contribution in [3.05, 3.63) is 56.6 Å². The number of amides is 1. The van der Waals surface area contributed by atoms with Crippen LogP contribution in [0.2, 0.25) is 5.02 Å². The van der Waals surface area contributed by atoms with Gasteiger partial charge in [-0.3, -0.25) is 24.7 Å². The SMILES string of the molecule is Cc1c(Cl)ccc2sc(N(CCN3CCOCC3)C(=O)c3ccc(N4CCOCC4)c([N+](=O)[O-])c3)nc12. The predicted molar refractivity (Wildman–Crippen MR) is 144 cm³/mol. The van der Waals surface area contributed by atoms with Gasteiger partial charge in [-0.15, -0.1) is 0 Å². The lowest BCUT2D eigenvalue weighted by Gasteiger charge is -2.30. The summed E-state index contributed by atoms with van der Waals surface area (Å²) >= 11 is 7.72. The number of nitro benzene ring substituents is 1. The molecule has 196 valence electrons. The Balaban J connectivity index is 1.49. The lowest BCUT2D eigenvalue weighted by molar-refractivity contribution is -0.384. The predicted octanol–water partition coefficient (Wildman–Crippen LogP) is 3.98. The van der Waals surface area contributed by atoms with Gasteiger partial charge in [-0.05, 0) is 36.8 Å². The van der Waals surface area contributed by atoms with Crippen molar-refractivity contribution in [3.8, 4) is 0 Å². The Hall–Kier alpha value is -2.83. The quantitative estimate of drug-likeness (QED) is 0.324. The Morgan fingerprint density at radius 3 is 2.54 bits per heavy atom. The Labute approximate surface area is 223 Å². The van der Waals surface area contributed by atoms with Crippen LogP contribution in [0.4, 0.5) is 16.5 Å². The minimum absolute atomic E-state index is 0.0900. The van der Waals surface area contributed by atoms with E-state index in [9.17, 15) is 14.9 Å². The standard InChI is InChI=1S/C25H28ClN5O5S/c1-17-19(26)3-5-22-23(17)27-25(37-22)30(7-6-28-8-12-35-13-9-28)24(32)18-2-4-20(21(16-18)31(33)34)29-10-14-36-15-11-29/h2-5,16H,6-15H2,1H3. The van der Waals surface area contributed by atoms with Gasteiger partial charge < -0.3 is 14.4 Å². The Bertz CT molecular complexity index is 1310. The van der Waals surface area contributed by atoms with Crippen molar-refractivity contribution >= 4 is 55.6 Å². The minimum atomic E-state index is -0.428. The zero-order valence-electron chi connectivity index (χ0n) is 20.5. The van der Waals surface area contributed by atoms with E-state index in [4.69, 9.17) is 26.1 Å². The molecule has 0 radical (unpaired) electrons. The van der Waals surface area contributed by atoms with Gasteiger partial charge in [-0.1, -0.05) is 22.9 Å². The van der Waals surface area contributed by atoms with Gasteiger partial charge in [-0.25, -0.2) is 4.98 Å². The van der Waals surface area contributed by atoms with Crippen LogP contribution in [-0.2, 0) is 9.47 Å².